The van der Waals surface area contributed by atoms with E-state index in [2.05, 4.69) is 60.7 Å². The summed E-state index contributed by atoms with van der Waals surface area (Å²) in [5.41, 5.74) is 12.2. The molecule has 0 bridgehead atoms. The third-order valence-corrected chi connectivity index (χ3v) is 9.16. The van der Waals surface area contributed by atoms with Crippen LogP contribution in [0.1, 0.15) is 11.1 Å². The van der Waals surface area contributed by atoms with E-state index >= 15 is 0 Å². The third kappa shape index (κ3) is 4.36. The molecule has 0 aliphatic heterocycles. The first-order chi connectivity index (χ1) is 23.7. The van der Waals surface area contributed by atoms with E-state index in [-0.39, 0.29) is 0 Å². The molecule has 0 saturated heterocycles. The van der Waals surface area contributed by atoms with Gasteiger partial charge in [-0.15, -0.1) is 0 Å². The van der Waals surface area contributed by atoms with Gasteiger partial charge in [0, 0.05) is 32.7 Å². The summed E-state index contributed by atoms with van der Waals surface area (Å²) in [6.07, 6.45) is 0. The maximum absolute atomic E-state index is 10.4. The Morgan fingerprint density at radius 1 is 0.375 bits per heavy atom. The molecule has 9 aromatic rings. The van der Waals surface area contributed by atoms with Gasteiger partial charge in [-0.3, -0.25) is 0 Å². The number of nitriles is 2. The lowest BCUT2D eigenvalue weighted by atomic mass is 9.88. The molecule has 0 amide bonds. The molecule has 0 atom stereocenters. The molecule has 0 unspecified atom stereocenters. The van der Waals surface area contributed by atoms with Crippen LogP contribution in [0.4, 0.5) is 0 Å². The van der Waals surface area contributed by atoms with E-state index in [4.69, 9.17) is 8.83 Å². The van der Waals surface area contributed by atoms with Crippen LogP contribution in [0, 0.1) is 22.7 Å². The molecule has 7 aromatic carbocycles. The Balaban J connectivity index is 1.21. The summed E-state index contributed by atoms with van der Waals surface area (Å²) in [7, 11) is 0. The van der Waals surface area contributed by atoms with Gasteiger partial charge in [-0.05, 0) is 94.0 Å². The van der Waals surface area contributed by atoms with Gasteiger partial charge in [0.2, 0.25) is 0 Å². The monoisotopic (exact) mass is 612 g/mol. The van der Waals surface area contributed by atoms with Crippen molar-refractivity contribution in [1.82, 2.24) is 0 Å². The number of hydrogen-bond acceptors (Lipinski definition) is 4. The number of hydrogen-bond donors (Lipinski definition) is 0. The maximum Gasteiger partial charge on any atom is 0.136 e. The molecule has 222 valence electrons. The molecule has 4 nitrogen and oxygen atoms in total. The summed E-state index contributed by atoms with van der Waals surface area (Å²) >= 11 is 0. The van der Waals surface area contributed by atoms with E-state index < -0.39 is 0 Å². The van der Waals surface area contributed by atoms with Crippen molar-refractivity contribution in [3.63, 3.8) is 0 Å². The topological polar surface area (TPSA) is 73.9 Å². The van der Waals surface area contributed by atoms with Crippen molar-refractivity contribution in [3.8, 4) is 56.6 Å². The van der Waals surface area contributed by atoms with Crippen LogP contribution in [0.2, 0.25) is 0 Å². The van der Waals surface area contributed by atoms with Gasteiger partial charge in [0.15, 0.2) is 0 Å². The van der Waals surface area contributed by atoms with Gasteiger partial charge >= 0.3 is 0 Å². The molecule has 9 rings (SSSR count). The summed E-state index contributed by atoms with van der Waals surface area (Å²) in [6.45, 7) is 0. The molecule has 0 aliphatic rings. The Kier molecular flexibility index (Phi) is 6.22. The number of fused-ring (bicyclic) bond motifs is 6. The van der Waals surface area contributed by atoms with Crippen molar-refractivity contribution in [2.24, 2.45) is 0 Å². The molecular weight excluding hydrogens is 588 g/mol. The minimum absolute atomic E-state index is 0.573. The van der Waals surface area contributed by atoms with Gasteiger partial charge in [0.05, 0.1) is 17.2 Å². The standard InChI is InChI=1S/C44H24N2O2/c45-25-27-14-17-34-38-21-31(16-19-40(38)47-42(34)20-27)33-12-7-13-41-44(33)35-18-15-30(24-43(35)48-41)32-22-36(28-8-3-1-4-9-28)39(26-46)37(23-32)29-10-5-2-6-11-29/h1-24H. The van der Waals surface area contributed by atoms with Gasteiger partial charge in [-0.1, -0.05) is 84.9 Å². The van der Waals surface area contributed by atoms with Crippen molar-refractivity contribution in [3.05, 3.63) is 157 Å². The second-order valence-electron chi connectivity index (χ2n) is 11.9. The fraction of sp³-hybridized carbons (Fsp3) is 0. The zero-order valence-corrected chi connectivity index (χ0v) is 25.6. The predicted molar refractivity (Wildman–Crippen MR) is 192 cm³/mol. The molecule has 0 spiro atoms. The minimum Gasteiger partial charge on any atom is -0.456 e. The third-order valence-electron chi connectivity index (χ3n) is 9.16. The van der Waals surface area contributed by atoms with E-state index in [9.17, 15) is 10.5 Å². The lowest BCUT2D eigenvalue weighted by Gasteiger charge is -2.14. The van der Waals surface area contributed by atoms with Crippen LogP contribution >= 0.6 is 0 Å². The lowest BCUT2D eigenvalue weighted by molar-refractivity contribution is 0.668. The van der Waals surface area contributed by atoms with Crippen LogP contribution < -0.4 is 0 Å². The summed E-state index contributed by atoms with van der Waals surface area (Å²) in [5.74, 6) is 0. The first-order valence-electron chi connectivity index (χ1n) is 15.7. The molecule has 4 heteroatoms. The van der Waals surface area contributed by atoms with E-state index in [0.717, 1.165) is 82.8 Å². The predicted octanol–water partition coefficient (Wildman–Crippen LogP) is 11.9. The van der Waals surface area contributed by atoms with E-state index in [1.165, 1.54) is 0 Å². The Hall–Kier alpha value is -6.88. The van der Waals surface area contributed by atoms with Crippen molar-refractivity contribution in [2.45, 2.75) is 0 Å². The maximum atomic E-state index is 10.4. The molecular formula is C44H24N2O2. The van der Waals surface area contributed by atoms with Crippen LogP contribution in [-0.4, -0.2) is 0 Å². The van der Waals surface area contributed by atoms with E-state index in [1.807, 2.05) is 91.0 Å². The fourth-order valence-electron chi connectivity index (χ4n) is 6.88. The van der Waals surface area contributed by atoms with Crippen molar-refractivity contribution >= 4 is 43.9 Å². The second kappa shape index (κ2) is 10.9. The summed E-state index contributed by atoms with van der Waals surface area (Å²) in [5, 5.41) is 23.8. The van der Waals surface area contributed by atoms with Crippen LogP contribution in [0.15, 0.2) is 154 Å². The zero-order valence-electron chi connectivity index (χ0n) is 25.6. The van der Waals surface area contributed by atoms with Crippen molar-refractivity contribution in [1.29, 1.82) is 10.5 Å². The van der Waals surface area contributed by atoms with Crippen molar-refractivity contribution in [2.75, 3.05) is 0 Å². The average Bonchev–Trinajstić information content (AvgIpc) is 3.72. The first-order valence-corrected chi connectivity index (χ1v) is 15.7. The molecule has 0 aliphatic carbocycles. The van der Waals surface area contributed by atoms with Gasteiger partial charge in [0.1, 0.15) is 28.4 Å². The van der Waals surface area contributed by atoms with Gasteiger partial charge in [0.25, 0.3) is 0 Å². The number of furan rings is 2. The Morgan fingerprint density at radius 2 is 1.04 bits per heavy atom. The van der Waals surface area contributed by atoms with E-state index in [0.29, 0.717) is 16.7 Å². The largest absolute Gasteiger partial charge is 0.456 e. The van der Waals surface area contributed by atoms with Crippen LogP contribution in [0.5, 0.6) is 0 Å². The van der Waals surface area contributed by atoms with Crippen LogP contribution in [0.25, 0.3) is 88.4 Å². The molecule has 0 fully saturated rings. The fourth-order valence-corrected chi connectivity index (χ4v) is 6.88. The Morgan fingerprint density at radius 3 is 1.75 bits per heavy atom. The molecule has 2 heterocycles. The molecule has 0 saturated carbocycles. The summed E-state index contributed by atoms with van der Waals surface area (Å²) < 4.78 is 12.6. The van der Waals surface area contributed by atoms with Crippen LogP contribution in [-0.2, 0) is 0 Å². The number of nitrogens with zero attached hydrogens (tertiary/aromatic N) is 2. The average molecular weight is 613 g/mol. The summed E-state index contributed by atoms with van der Waals surface area (Å²) in [4.78, 5) is 0. The van der Waals surface area contributed by atoms with Gasteiger partial charge in [-0.25, -0.2) is 0 Å². The highest BCUT2D eigenvalue weighted by molar-refractivity contribution is 6.14. The highest BCUT2D eigenvalue weighted by Gasteiger charge is 2.18. The summed E-state index contributed by atoms with van der Waals surface area (Å²) in [6, 6.07) is 53.4. The molecule has 48 heavy (non-hydrogen) atoms. The smallest absolute Gasteiger partial charge is 0.136 e. The normalized spacial score (nSPS) is 11.3. The van der Waals surface area contributed by atoms with Crippen molar-refractivity contribution < 1.29 is 8.83 Å². The zero-order chi connectivity index (χ0) is 32.2. The van der Waals surface area contributed by atoms with Gasteiger partial charge < -0.3 is 8.83 Å². The first kappa shape index (κ1) is 27.4. The molecule has 0 radical (unpaired) electrons. The highest BCUT2D eigenvalue weighted by Crippen LogP contribution is 2.42. The highest BCUT2D eigenvalue weighted by atomic mass is 16.3. The quantitative estimate of drug-likeness (QED) is 0.198. The number of benzene rings is 7. The van der Waals surface area contributed by atoms with Crippen LogP contribution in [0.3, 0.4) is 0 Å². The number of rotatable bonds is 4. The molecule has 0 N–H and O–H groups in total. The Labute approximate surface area is 275 Å². The van der Waals surface area contributed by atoms with Gasteiger partial charge in [-0.2, -0.15) is 10.5 Å². The Bertz CT molecular complexity index is 2730. The van der Waals surface area contributed by atoms with E-state index in [1.54, 1.807) is 6.07 Å². The lowest BCUT2D eigenvalue weighted by Crippen LogP contribution is -1.92. The SMILES string of the molecule is N#Cc1ccc2c(c1)oc1ccc(-c3cccc4oc5cc(-c6cc(-c7ccccc7)c(C#N)c(-c7ccccc7)c6)ccc5c34)cc12. The second-order valence-corrected chi connectivity index (χ2v) is 11.9. The molecule has 2 aromatic heterocycles. The minimum atomic E-state index is 0.573.